The van der Waals surface area contributed by atoms with E-state index in [2.05, 4.69) is 6.07 Å². The third-order valence-corrected chi connectivity index (χ3v) is 5.62. The third-order valence-electron chi connectivity index (χ3n) is 4.16. The van der Waals surface area contributed by atoms with Crippen LogP contribution in [-0.2, 0) is 25.1 Å². The van der Waals surface area contributed by atoms with Crippen molar-refractivity contribution in [2.75, 3.05) is 6.16 Å². The van der Waals surface area contributed by atoms with Crippen molar-refractivity contribution < 1.29 is 33.8 Å². The summed E-state index contributed by atoms with van der Waals surface area (Å²) >= 11 is 0. The number of aryl methyl sites for hydroxylation is 1. The average Bonchev–Trinajstić information content (AvgIpc) is 2.62. The third kappa shape index (κ3) is 7.13. The maximum Gasteiger partial charge on any atom is 0.333 e. The van der Waals surface area contributed by atoms with Gasteiger partial charge >= 0.3 is 19.5 Å². The summed E-state index contributed by atoms with van der Waals surface area (Å²) in [7, 11) is -4.10. The first-order chi connectivity index (χ1) is 12.8. The number of carboxylic acid groups (broad SMARTS) is 2. The highest BCUT2D eigenvalue weighted by Gasteiger charge is 2.29. The Morgan fingerprint density at radius 3 is 2.41 bits per heavy atom. The molecule has 0 aliphatic heterocycles. The second-order valence-electron chi connectivity index (χ2n) is 6.36. The van der Waals surface area contributed by atoms with Gasteiger partial charge in [-0.05, 0) is 42.0 Å². The Morgan fingerprint density at radius 1 is 1.04 bits per heavy atom. The van der Waals surface area contributed by atoms with E-state index >= 15 is 0 Å². The van der Waals surface area contributed by atoms with Gasteiger partial charge < -0.3 is 15.1 Å². The molecule has 0 amide bonds. The van der Waals surface area contributed by atoms with Crippen LogP contribution in [0.3, 0.4) is 0 Å². The van der Waals surface area contributed by atoms with E-state index < -0.39 is 32.1 Å². The molecule has 0 radical (unpaired) electrons. The van der Waals surface area contributed by atoms with Crippen LogP contribution in [0.2, 0.25) is 0 Å². The number of carboxylic acids is 2. The monoisotopic (exact) mass is 394 g/mol. The van der Waals surface area contributed by atoms with E-state index in [1.165, 1.54) is 0 Å². The van der Waals surface area contributed by atoms with Crippen molar-refractivity contribution in [1.29, 1.82) is 0 Å². The molecular weight excluding hydrogens is 371 g/mol. The van der Waals surface area contributed by atoms with Crippen molar-refractivity contribution in [3.8, 4) is 0 Å². The molecule has 0 aliphatic carbocycles. The topological polar surface area (TPSA) is 121 Å². The van der Waals surface area contributed by atoms with Gasteiger partial charge in [-0.15, -0.1) is 0 Å². The molecule has 0 heterocycles. The molecule has 27 heavy (non-hydrogen) atoms. The molecule has 2 aromatic rings. The van der Waals surface area contributed by atoms with E-state index in [0.717, 1.165) is 22.8 Å². The average molecular weight is 394 g/mol. The summed E-state index contributed by atoms with van der Waals surface area (Å²) in [6.45, 7) is 0. The van der Waals surface area contributed by atoms with Gasteiger partial charge in [0.05, 0.1) is 6.16 Å². The molecule has 8 heteroatoms. The molecular formula is C19H23O7P. The first-order valence-corrected chi connectivity index (χ1v) is 10.5. The van der Waals surface area contributed by atoms with Gasteiger partial charge in [-0.1, -0.05) is 42.5 Å². The summed E-state index contributed by atoms with van der Waals surface area (Å²) in [4.78, 5) is 31.5. The highest BCUT2D eigenvalue weighted by molar-refractivity contribution is 7.52. The lowest BCUT2D eigenvalue weighted by atomic mass is 10.0. The largest absolute Gasteiger partial charge is 0.481 e. The van der Waals surface area contributed by atoms with Gasteiger partial charge in [0.1, 0.15) is 0 Å². The SMILES string of the molecule is O=C(O)CCC(OP(=O)(O)CCCCc1ccc2ccccc2c1)C(=O)O. The summed E-state index contributed by atoms with van der Waals surface area (Å²) < 4.78 is 16.9. The predicted octanol–water partition coefficient (Wildman–Crippen LogP) is 3.68. The number of benzene rings is 2. The molecule has 0 bridgehead atoms. The molecule has 0 saturated heterocycles. The molecule has 0 aromatic heterocycles. The molecule has 0 fully saturated rings. The van der Waals surface area contributed by atoms with Gasteiger partial charge in [0.15, 0.2) is 6.10 Å². The van der Waals surface area contributed by atoms with Gasteiger partial charge in [-0.3, -0.25) is 13.9 Å². The van der Waals surface area contributed by atoms with Crippen LogP contribution in [0.25, 0.3) is 10.8 Å². The van der Waals surface area contributed by atoms with Crippen LogP contribution in [0.4, 0.5) is 0 Å². The highest BCUT2D eigenvalue weighted by Crippen LogP contribution is 2.45. The first-order valence-electron chi connectivity index (χ1n) is 8.69. The Hall–Kier alpha value is -2.21. The molecule has 0 spiro atoms. The number of hydrogen-bond donors (Lipinski definition) is 3. The summed E-state index contributed by atoms with van der Waals surface area (Å²) in [6.07, 6.45) is -0.794. The highest BCUT2D eigenvalue weighted by atomic mass is 31.2. The maximum absolute atomic E-state index is 12.1. The minimum Gasteiger partial charge on any atom is -0.481 e. The van der Waals surface area contributed by atoms with Crippen molar-refractivity contribution in [1.82, 2.24) is 0 Å². The fourth-order valence-electron chi connectivity index (χ4n) is 2.76. The zero-order valence-electron chi connectivity index (χ0n) is 14.8. The van der Waals surface area contributed by atoms with Gasteiger partial charge in [-0.2, -0.15) is 0 Å². The van der Waals surface area contributed by atoms with Crippen LogP contribution in [0.5, 0.6) is 0 Å². The molecule has 146 valence electrons. The second-order valence-corrected chi connectivity index (χ2v) is 8.30. The van der Waals surface area contributed by atoms with E-state index in [-0.39, 0.29) is 12.6 Å². The predicted molar refractivity (Wildman–Crippen MR) is 101 cm³/mol. The lowest BCUT2D eigenvalue weighted by Crippen LogP contribution is -2.24. The van der Waals surface area contributed by atoms with Crippen molar-refractivity contribution in [3.05, 3.63) is 48.0 Å². The fraction of sp³-hybridized carbons (Fsp3) is 0.368. The van der Waals surface area contributed by atoms with Crippen LogP contribution >= 0.6 is 7.60 Å². The quantitative estimate of drug-likeness (QED) is 0.393. The van der Waals surface area contributed by atoms with Crippen LogP contribution in [0.1, 0.15) is 31.2 Å². The van der Waals surface area contributed by atoms with Crippen molar-refractivity contribution >= 4 is 30.3 Å². The zero-order valence-corrected chi connectivity index (χ0v) is 15.7. The standard InChI is InChI=1S/C19H23O7P/c20-18(21)11-10-17(19(22)23)26-27(24,25)12-4-3-5-14-8-9-15-6-1-2-7-16(15)13-14/h1-2,6-9,13,17H,3-5,10-12H2,(H,20,21)(H,22,23)(H,24,25). The van der Waals surface area contributed by atoms with Crippen LogP contribution in [0.15, 0.2) is 42.5 Å². The number of aliphatic carboxylic acids is 2. The minimum absolute atomic E-state index is 0.169. The van der Waals surface area contributed by atoms with E-state index in [1.807, 2.05) is 36.4 Å². The number of unbranched alkanes of at least 4 members (excludes halogenated alkanes) is 1. The van der Waals surface area contributed by atoms with Gasteiger partial charge in [0, 0.05) is 6.42 Å². The van der Waals surface area contributed by atoms with Gasteiger partial charge in [0.25, 0.3) is 0 Å². The lowest BCUT2D eigenvalue weighted by molar-refractivity contribution is -0.146. The normalized spacial score (nSPS) is 14.6. The van der Waals surface area contributed by atoms with Gasteiger partial charge in [0.2, 0.25) is 0 Å². The first kappa shape index (κ1) is 21.1. The Morgan fingerprint density at radius 2 is 1.74 bits per heavy atom. The molecule has 3 N–H and O–H groups in total. The van der Waals surface area contributed by atoms with Crippen LogP contribution in [-0.4, -0.2) is 39.3 Å². The Kier molecular flexibility index (Phi) is 7.54. The van der Waals surface area contributed by atoms with Crippen molar-refractivity contribution in [2.24, 2.45) is 0 Å². The number of carbonyl (C=O) groups is 2. The van der Waals surface area contributed by atoms with E-state index in [1.54, 1.807) is 0 Å². The molecule has 7 nitrogen and oxygen atoms in total. The fourth-order valence-corrected chi connectivity index (χ4v) is 4.08. The summed E-state index contributed by atoms with van der Waals surface area (Å²) in [5.41, 5.74) is 1.12. The van der Waals surface area contributed by atoms with E-state index in [9.17, 15) is 19.0 Å². The Balaban J connectivity index is 1.82. The Labute approximate surface area is 157 Å². The molecule has 2 unspecified atom stereocenters. The maximum atomic E-state index is 12.1. The van der Waals surface area contributed by atoms with Crippen LogP contribution in [0, 0.1) is 0 Å². The molecule has 2 aromatic carbocycles. The summed E-state index contributed by atoms with van der Waals surface area (Å²) in [5, 5.41) is 19.9. The van der Waals surface area contributed by atoms with Gasteiger partial charge in [-0.25, -0.2) is 4.79 Å². The summed E-state index contributed by atoms with van der Waals surface area (Å²) in [5.74, 6) is -2.63. The van der Waals surface area contributed by atoms with Crippen molar-refractivity contribution in [2.45, 2.75) is 38.2 Å². The zero-order chi connectivity index (χ0) is 19.9. The number of rotatable bonds is 11. The Bertz CT molecular complexity index is 849. The molecule has 2 atom stereocenters. The smallest absolute Gasteiger partial charge is 0.333 e. The molecule has 2 rings (SSSR count). The van der Waals surface area contributed by atoms with E-state index in [4.69, 9.17) is 14.7 Å². The number of hydrogen-bond acceptors (Lipinski definition) is 4. The van der Waals surface area contributed by atoms with E-state index in [0.29, 0.717) is 12.8 Å². The summed E-state index contributed by atoms with van der Waals surface area (Å²) in [6, 6.07) is 14.1. The lowest BCUT2D eigenvalue weighted by Gasteiger charge is -2.17. The van der Waals surface area contributed by atoms with Crippen LogP contribution < -0.4 is 0 Å². The molecule has 0 aliphatic rings. The molecule has 0 saturated carbocycles. The van der Waals surface area contributed by atoms with Crippen molar-refractivity contribution in [3.63, 3.8) is 0 Å². The number of fused-ring (bicyclic) bond motifs is 1. The minimum atomic E-state index is -4.10. The second kappa shape index (κ2) is 9.65.